The number of nitrogens with one attached hydrogen (secondary N) is 1. The van der Waals surface area contributed by atoms with E-state index in [0.717, 1.165) is 25.9 Å². The maximum Gasteiger partial charge on any atom is 0.337 e. The van der Waals surface area contributed by atoms with Crippen molar-refractivity contribution in [3.8, 4) is 0 Å². The van der Waals surface area contributed by atoms with E-state index in [1.807, 2.05) is 0 Å². The lowest BCUT2D eigenvalue weighted by atomic mass is 9.74. The van der Waals surface area contributed by atoms with Crippen LogP contribution in [-0.2, 0) is 20.7 Å². The molecule has 0 amide bonds. The van der Waals surface area contributed by atoms with E-state index in [1.54, 1.807) is 6.26 Å². The van der Waals surface area contributed by atoms with Gasteiger partial charge in [0.15, 0.2) is 0 Å². The molecule has 134 valence electrons. The summed E-state index contributed by atoms with van der Waals surface area (Å²) in [5.74, 6) is 0.187. The molecular formula is C21H23N2O3+. The average molecular weight is 351 g/mol. The number of carbonyl (C=O) groups excluding carboxylic acids is 1. The van der Waals surface area contributed by atoms with Crippen LogP contribution in [0.1, 0.15) is 24.6 Å². The minimum atomic E-state index is -0.270. The lowest BCUT2D eigenvalue weighted by Crippen LogP contribution is -2.48. The summed E-state index contributed by atoms with van der Waals surface area (Å²) in [5.41, 5.74) is 5.85. The fourth-order valence-corrected chi connectivity index (χ4v) is 4.92. The molecule has 0 saturated carbocycles. The minimum Gasteiger partial charge on any atom is -0.497 e. The van der Waals surface area contributed by atoms with Gasteiger partial charge in [0, 0.05) is 29.7 Å². The molecule has 2 unspecified atom stereocenters. The first-order valence-electron chi connectivity index (χ1n) is 9.32. The van der Waals surface area contributed by atoms with Crippen molar-refractivity contribution in [2.24, 2.45) is 11.8 Å². The second kappa shape index (κ2) is 5.73. The van der Waals surface area contributed by atoms with Gasteiger partial charge in [0.05, 0.1) is 24.9 Å². The smallest absolute Gasteiger partial charge is 0.337 e. The highest BCUT2D eigenvalue weighted by Gasteiger charge is 2.47. The van der Waals surface area contributed by atoms with Crippen LogP contribution in [-0.4, -0.2) is 47.5 Å². The topological polar surface area (TPSA) is 54.3 Å². The van der Waals surface area contributed by atoms with E-state index in [-0.39, 0.29) is 18.0 Å². The van der Waals surface area contributed by atoms with Crippen molar-refractivity contribution in [3.05, 3.63) is 47.4 Å². The van der Waals surface area contributed by atoms with Crippen LogP contribution in [0.25, 0.3) is 10.9 Å². The Labute approximate surface area is 152 Å². The van der Waals surface area contributed by atoms with E-state index in [4.69, 9.17) is 9.47 Å². The predicted octanol–water partition coefficient (Wildman–Crippen LogP) is 2.64. The first-order valence-corrected chi connectivity index (χ1v) is 9.32. The molecular weight excluding hydrogens is 328 g/mol. The third-order valence-electron chi connectivity index (χ3n) is 6.31. The van der Waals surface area contributed by atoms with Crippen molar-refractivity contribution in [2.45, 2.75) is 25.9 Å². The summed E-state index contributed by atoms with van der Waals surface area (Å²) in [6, 6.07) is 8.51. The van der Waals surface area contributed by atoms with E-state index in [9.17, 15) is 4.79 Å². The number of hydrogen-bond donors (Lipinski definition) is 1. The number of methoxy groups -OCH3 is 1. The number of esters is 1. The van der Waals surface area contributed by atoms with Crippen LogP contribution in [0.2, 0.25) is 0 Å². The zero-order valence-electron chi connectivity index (χ0n) is 15.1. The molecule has 0 fully saturated rings. The molecule has 3 aliphatic heterocycles. The summed E-state index contributed by atoms with van der Waals surface area (Å²) in [4.78, 5) is 15.9. The zero-order chi connectivity index (χ0) is 17.8. The summed E-state index contributed by atoms with van der Waals surface area (Å²) >= 11 is 0. The van der Waals surface area contributed by atoms with Gasteiger partial charge in [-0.1, -0.05) is 18.2 Å². The fourth-order valence-electron chi connectivity index (χ4n) is 4.92. The van der Waals surface area contributed by atoms with Crippen molar-refractivity contribution in [2.75, 3.05) is 20.2 Å². The number of hydrogen-bond acceptors (Lipinski definition) is 3. The van der Waals surface area contributed by atoms with Crippen molar-refractivity contribution >= 4 is 22.6 Å². The van der Waals surface area contributed by atoms with Crippen LogP contribution in [0.5, 0.6) is 0 Å². The molecule has 26 heavy (non-hydrogen) atoms. The van der Waals surface area contributed by atoms with Gasteiger partial charge >= 0.3 is 5.97 Å². The van der Waals surface area contributed by atoms with Crippen molar-refractivity contribution in [3.63, 3.8) is 0 Å². The van der Waals surface area contributed by atoms with Gasteiger partial charge in [-0.2, -0.15) is 0 Å². The number of carbonyl (C=O) groups is 1. The van der Waals surface area contributed by atoms with E-state index in [2.05, 4.69) is 40.7 Å². The van der Waals surface area contributed by atoms with Gasteiger partial charge in [0.25, 0.3) is 0 Å². The summed E-state index contributed by atoms with van der Waals surface area (Å²) in [7, 11) is 1.44. The minimum absolute atomic E-state index is 0.110. The molecule has 3 aliphatic rings. The molecule has 1 aromatic heterocycles. The standard InChI is InChI=1S/C21H22N2O3/c1-12-16-10-23-8-7-14-13-5-3-4-6-18(13)22-20(14)19(23)9-15(16)17(11-26-12)21(24)25-2/h3-6,11-12,15-16H,7-10H2,1-2H3/p+1/t12?,15?,16-/m0/s1. The van der Waals surface area contributed by atoms with Gasteiger partial charge in [-0.3, -0.25) is 0 Å². The summed E-state index contributed by atoms with van der Waals surface area (Å²) in [6.45, 7) is 4.05. The fraction of sp³-hybridized carbons (Fsp3) is 0.429. The highest BCUT2D eigenvalue weighted by molar-refractivity contribution is 6.04. The molecule has 0 radical (unpaired) electrons. The quantitative estimate of drug-likeness (QED) is 0.635. The molecule has 5 rings (SSSR count). The van der Waals surface area contributed by atoms with Crippen LogP contribution in [0, 0.1) is 11.8 Å². The number of ether oxygens (including phenoxy) is 2. The first kappa shape index (κ1) is 15.7. The SMILES string of the molecule is COC(=O)C1=COC(C)[C@@H]2C[N+]3=C(CC12)c1[nH]c2ccccc2c1CC3. The number of fused-ring (bicyclic) bond motifs is 5. The monoisotopic (exact) mass is 351 g/mol. The summed E-state index contributed by atoms with van der Waals surface area (Å²) in [6.07, 6.45) is 3.64. The Hall–Kier alpha value is -2.56. The Kier molecular flexibility index (Phi) is 3.45. The van der Waals surface area contributed by atoms with E-state index in [0.29, 0.717) is 11.5 Å². The Morgan fingerprint density at radius 1 is 1.35 bits per heavy atom. The highest BCUT2D eigenvalue weighted by atomic mass is 16.5. The van der Waals surface area contributed by atoms with Gasteiger partial charge in [0.2, 0.25) is 5.71 Å². The third kappa shape index (κ3) is 2.16. The molecule has 4 heterocycles. The lowest BCUT2D eigenvalue weighted by molar-refractivity contribution is -0.545. The molecule has 1 aromatic carbocycles. The number of aromatic amines is 1. The predicted molar refractivity (Wildman–Crippen MR) is 98.3 cm³/mol. The van der Waals surface area contributed by atoms with Crippen LogP contribution in [0.15, 0.2) is 36.1 Å². The molecule has 5 nitrogen and oxygen atoms in total. The molecule has 3 atom stereocenters. The Balaban J connectivity index is 1.60. The second-order valence-electron chi connectivity index (χ2n) is 7.55. The normalized spacial score (nSPS) is 27.2. The largest absolute Gasteiger partial charge is 0.497 e. The van der Waals surface area contributed by atoms with Crippen molar-refractivity contribution < 1.29 is 18.8 Å². The average Bonchev–Trinajstić information content (AvgIpc) is 3.06. The number of para-hydroxylation sites is 1. The number of aromatic nitrogens is 1. The van der Waals surface area contributed by atoms with Gasteiger partial charge in [-0.25, -0.2) is 9.37 Å². The maximum absolute atomic E-state index is 12.3. The molecule has 0 saturated heterocycles. The molecule has 0 bridgehead atoms. The number of nitrogens with zero attached hydrogens (tertiary/aromatic N) is 1. The molecule has 5 heteroatoms. The van der Waals surface area contributed by atoms with Crippen molar-refractivity contribution in [1.82, 2.24) is 4.98 Å². The third-order valence-corrected chi connectivity index (χ3v) is 6.31. The van der Waals surface area contributed by atoms with Gasteiger partial charge in [0.1, 0.15) is 24.9 Å². The number of H-pyrrole nitrogens is 1. The van der Waals surface area contributed by atoms with Crippen LogP contribution < -0.4 is 0 Å². The van der Waals surface area contributed by atoms with Crippen LogP contribution in [0.4, 0.5) is 0 Å². The van der Waals surface area contributed by atoms with E-state index in [1.165, 1.54) is 35.0 Å². The summed E-state index contributed by atoms with van der Waals surface area (Å²) < 4.78 is 13.3. The maximum atomic E-state index is 12.3. The number of rotatable bonds is 1. The van der Waals surface area contributed by atoms with Crippen LogP contribution >= 0.6 is 0 Å². The first-order chi connectivity index (χ1) is 12.7. The summed E-state index contributed by atoms with van der Waals surface area (Å²) in [5, 5.41) is 1.32. The van der Waals surface area contributed by atoms with Gasteiger partial charge in [-0.15, -0.1) is 0 Å². The van der Waals surface area contributed by atoms with Crippen molar-refractivity contribution in [1.29, 1.82) is 0 Å². The molecule has 0 aliphatic carbocycles. The lowest BCUT2D eigenvalue weighted by Gasteiger charge is -2.38. The number of benzene rings is 1. The molecule has 2 aromatic rings. The second-order valence-corrected chi connectivity index (χ2v) is 7.55. The Bertz CT molecular complexity index is 969. The van der Waals surface area contributed by atoms with Crippen LogP contribution in [0.3, 0.4) is 0 Å². The van der Waals surface area contributed by atoms with E-state index >= 15 is 0 Å². The van der Waals surface area contributed by atoms with E-state index < -0.39 is 0 Å². The Morgan fingerprint density at radius 3 is 3.04 bits per heavy atom. The van der Waals surface area contributed by atoms with Gasteiger partial charge < -0.3 is 14.5 Å². The molecule has 1 N–H and O–H groups in total. The zero-order valence-corrected chi connectivity index (χ0v) is 15.1. The molecule has 0 spiro atoms. The Morgan fingerprint density at radius 2 is 2.19 bits per heavy atom. The van der Waals surface area contributed by atoms with Gasteiger partial charge in [-0.05, 0) is 18.6 Å². The highest BCUT2D eigenvalue weighted by Crippen LogP contribution is 2.39.